The van der Waals surface area contributed by atoms with E-state index in [0.717, 1.165) is 22.8 Å². The number of ether oxygens (including phenoxy) is 1. The van der Waals surface area contributed by atoms with Gasteiger partial charge in [0.15, 0.2) is 0 Å². The number of halogens is 6. The van der Waals surface area contributed by atoms with E-state index in [1.54, 1.807) is 0 Å². The molecule has 0 aliphatic carbocycles. The van der Waals surface area contributed by atoms with Gasteiger partial charge < -0.3 is 14.4 Å². The molecule has 0 spiro atoms. The van der Waals surface area contributed by atoms with Crippen LogP contribution < -0.4 is 4.74 Å². The van der Waals surface area contributed by atoms with Crippen molar-refractivity contribution in [3.8, 4) is 22.7 Å². The molecule has 0 amide bonds. The lowest BCUT2D eigenvalue weighted by Crippen LogP contribution is -2.13. The van der Waals surface area contributed by atoms with Crippen molar-refractivity contribution in [3.05, 3.63) is 106 Å². The van der Waals surface area contributed by atoms with E-state index in [9.17, 15) is 31.9 Å². The average molecular weight is 508 g/mol. The zero-order chi connectivity index (χ0) is 25.3. The number of nitrogens with zero attached hydrogens (tertiary/aromatic N) is 1. The largest absolute Gasteiger partial charge is 0.488 e. The van der Waals surface area contributed by atoms with Crippen molar-refractivity contribution in [1.82, 2.24) is 4.57 Å². The van der Waals surface area contributed by atoms with E-state index in [1.807, 2.05) is 0 Å². The van der Waals surface area contributed by atoms with Gasteiger partial charge in [0, 0.05) is 27.9 Å². The molecule has 10 heteroatoms. The normalized spacial score (nSPS) is 11.5. The van der Waals surface area contributed by atoms with Crippen LogP contribution in [0.4, 0.5) is 22.0 Å². The van der Waals surface area contributed by atoms with Crippen LogP contribution in [0.15, 0.2) is 72.8 Å². The SMILES string of the molecule is O=C(O)c1cccc(-n2c(-c3cc(Cl)ccc3OCc3ccc(F)cc3F)ccc2C(F)(F)F)c1. The van der Waals surface area contributed by atoms with Crippen molar-refractivity contribution in [2.75, 3.05) is 0 Å². The highest BCUT2D eigenvalue weighted by Gasteiger charge is 2.36. The van der Waals surface area contributed by atoms with Crippen molar-refractivity contribution in [1.29, 1.82) is 0 Å². The van der Waals surface area contributed by atoms with Gasteiger partial charge >= 0.3 is 12.1 Å². The molecule has 0 atom stereocenters. The molecule has 0 saturated heterocycles. The third-order valence-corrected chi connectivity index (χ3v) is 5.37. The predicted molar refractivity (Wildman–Crippen MR) is 119 cm³/mol. The van der Waals surface area contributed by atoms with Crippen LogP contribution in [0.2, 0.25) is 5.02 Å². The van der Waals surface area contributed by atoms with Gasteiger partial charge in [-0.3, -0.25) is 0 Å². The summed E-state index contributed by atoms with van der Waals surface area (Å²) in [6.45, 7) is -0.331. The van der Waals surface area contributed by atoms with Gasteiger partial charge in [-0.2, -0.15) is 13.2 Å². The van der Waals surface area contributed by atoms with E-state index in [-0.39, 0.29) is 45.5 Å². The molecule has 4 nitrogen and oxygen atoms in total. The Hall–Kier alpha value is -3.85. The Morgan fingerprint density at radius 2 is 1.74 bits per heavy atom. The van der Waals surface area contributed by atoms with Crippen molar-refractivity contribution in [3.63, 3.8) is 0 Å². The summed E-state index contributed by atoms with van der Waals surface area (Å²) in [5.41, 5.74) is -1.11. The summed E-state index contributed by atoms with van der Waals surface area (Å²) < 4.78 is 75.4. The zero-order valence-electron chi connectivity index (χ0n) is 17.6. The number of rotatable bonds is 6. The van der Waals surface area contributed by atoms with Crippen LogP contribution in [0, 0.1) is 11.6 Å². The van der Waals surface area contributed by atoms with Crippen molar-refractivity contribution >= 4 is 17.6 Å². The second-order valence-corrected chi connectivity index (χ2v) is 7.89. The highest BCUT2D eigenvalue weighted by atomic mass is 35.5. The minimum atomic E-state index is -4.77. The van der Waals surface area contributed by atoms with Gasteiger partial charge in [-0.1, -0.05) is 17.7 Å². The molecule has 4 aromatic rings. The summed E-state index contributed by atoms with van der Waals surface area (Å²) in [6, 6.07) is 14.3. The fourth-order valence-electron chi connectivity index (χ4n) is 3.55. The van der Waals surface area contributed by atoms with Gasteiger partial charge in [-0.05, 0) is 60.7 Å². The van der Waals surface area contributed by atoms with Crippen LogP contribution in [0.5, 0.6) is 5.75 Å². The number of aromatic nitrogens is 1. The Morgan fingerprint density at radius 3 is 2.43 bits per heavy atom. The molecule has 35 heavy (non-hydrogen) atoms. The first-order chi connectivity index (χ1) is 16.5. The Kier molecular flexibility index (Phi) is 6.53. The summed E-state index contributed by atoms with van der Waals surface area (Å²) >= 11 is 6.12. The highest BCUT2D eigenvalue weighted by Crippen LogP contribution is 2.40. The quantitative estimate of drug-likeness (QED) is 0.277. The van der Waals surface area contributed by atoms with Crippen molar-refractivity contribution in [2.24, 2.45) is 0 Å². The lowest BCUT2D eigenvalue weighted by molar-refractivity contribution is -0.142. The standard InChI is InChI=1S/C25H15ClF5NO3/c26-16-5-8-22(35-13-15-4-6-17(27)12-20(15)28)19(11-16)21-7-9-23(25(29,30)31)32(21)18-3-1-2-14(10-18)24(33)34/h1-12H,13H2,(H,33,34). The molecule has 0 aliphatic rings. The molecular formula is C25H15ClF5NO3. The Balaban J connectivity index is 1.84. The van der Waals surface area contributed by atoms with Crippen LogP contribution in [0.25, 0.3) is 16.9 Å². The monoisotopic (exact) mass is 507 g/mol. The molecule has 1 aromatic heterocycles. The molecule has 4 rings (SSSR count). The van der Waals surface area contributed by atoms with Gasteiger partial charge in [0.1, 0.15) is 29.7 Å². The number of carbonyl (C=O) groups is 1. The highest BCUT2D eigenvalue weighted by molar-refractivity contribution is 6.31. The first-order valence-corrected chi connectivity index (χ1v) is 10.4. The van der Waals surface area contributed by atoms with Crippen LogP contribution in [0.1, 0.15) is 21.6 Å². The van der Waals surface area contributed by atoms with E-state index in [1.165, 1.54) is 48.5 Å². The van der Waals surface area contributed by atoms with Crippen molar-refractivity contribution < 1.29 is 36.6 Å². The smallest absolute Gasteiger partial charge is 0.431 e. The van der Waals surface area contributed by atoms with Crippen LogP contribution in [0.3, 0.4) is 0 Å². The number of benzene rings is 3. The van der Waals surface area contributed by atoms with Gasteiger partial charge in [0.2, 0.25) is 0 Å². The number of aromatic carboxylic acids is 1. The molecule has 1 N–H and O–H groups in total. The first kappa shape index (κ1) is 24.3. The second kappa shape index (κ2) is 9.42. The molecule has 1 heterocycles. The van der Waals surface area contributed by atoms with Gasteiger partial charge in [0.05, 0.1) is 11.3 Å². The lowest BCUT2D eigenvalue weighted by Gasteiger charge is -2.18. The van der Waals surface area contributed by atoms with E-state index >= 15 is 0 Å². The molecule has 0 unspecified atom stereocenters. The maximum Gasteiger partial charge on any atom is 0.431 e. The third kappa shape index (κ3) is 5.14. The zero-order valence-corrected chi connectivity index (χ0v) is 18.4. The molecule has 0 fully saturated rings. The van der Waals surface area contributed by atoms with Gasteiger partial charge in [-0.25, -0.2) is 13.6 Å². The summed E-state index contributed by atoms with van der Waals surface area (Å²) in [6.07, 6.45) is -4.77. The molecule has 3 aromatic carbocycles. The maximum atomic E-state index is 14.0. The summed E-state index contributed by atoms with van der Waals surface area (Å²) in [5.74, 6) is -2.82. The Labute approximate surface area is 200 Å². The van der Waals surface area contributed by atoms with E-state index < -0.39 is 29.5 Å². The molecule has 0 bridgehead atoms. The fourth-order valence-corrected chi connectivity index (χ4v) is 3.72. The van der Waals surface area contributed by atoms with Crippen LogP contribution in [-0.2, 0) is 12.8 Å². The van der Waals surface area contributed by atoms with Gasteiger partial charge in [0.25, 0.3) is 0 Å². The van der Waals surface area contributed by atoms with Crippen molar-refractivity contribution in [2.45, 2.75) is 12.8 Å². The predicted octanol–water partition coefficient (Wildman–Crippen LogP) is 7.37. The Morgan fingerprint density at radius 1 is 0.971 bits per heavy atom. The molecular weight excluding hydrogens is 493 g/mol. The van der Waals surface area contributed by atoms with E-state index in [0.29, 0.717) is 6.07 Å². The fraction of sp³-hybridized carbons (Fsp3) is 0.0800. The third-order valence-electron chi connectivity index (χ3n) is 5.14. The van der Waals surface area contributed by atoms with Crippen LogP contribution in [-0.4, -0.2) is 15.6 Å². The first-order valence-electron chi connectivity index (χ1n) is 10.0. The van der Waals surface area contributed by atoms with Gasteiger partial charge in [-0.15, -0.1) is 0 Å². The molecule has 0 saturated carbocycles. The van der Waals surface area contributed by atoms with Crippen LogP contribution >= 0.6 is 11.6 Å². The molecule has 180 valence electrons. The minimum Gasteiger partial charge on any atom is -0.488 e. The minimum absolute atomic E-state index is 0.0111. The van der Waals surface area contributed by atoms with E-state index in [2.05, 4.69) is 0 Å². The summed E-state index contributed by atoms with van der Waals surface area (Å²) in [7, 11) is 0. The molecule has 0 radical (unpaired) electrons. The lowest BCUT2D eigenvalue weighted by atomic mass is 10.1. The summed E-state index contributed by atoms with van der Waals surface area (Å²) in [4.78, 5) is 11.4. The average Bonchev–Trinajstić information content (AvgIpc) is 3.25. The second-order valence-electron chi connectivity index (χ2n) is 7.46. The number of carboxylic acids is 1. The molecule has 0 aliphatic heterocycles. The van der Waals surface area contributed by atoms with E-state index in [4.69, 9.17) is 16.3 Å². The number of alkyl halides is 3. The number of hydrogen-bond donors (Lipinski definition) is 1. The Bertz CT molecular complexity index is 1410. The maximum absolute atomic E-state index is 14.0. The topological polar surface area (TPSA) is 51.5 Å². The number of hydrogen-bond acceptors (Lipinski definition) is 2. The number of carboxylic acid groups (broad SMARTS) is 1. The summed E-state index contributed by atoms with van der Waals surface area (Å²) in [5, 5.41) is 9.49.